The maximum absolute atomic E-state index is 13.3. The monoisotopic (exact) mass is 454 g/mol. The standard InChI is InChI=1S/C21H34N4O5S/c1-30-20(28)16-9-6-10-24(16)19(27)17-11-15(12-25(17)18(26)13-31-2)23-21(29)22-14-7-4-3-5-8-14/h14-17H,3-13H2,1-2H3,(H2,22,23,29)/t15-,16+,17-/m0/s1. The van der Waals surface area contributed by atoms with Crippen molar-refractivity contribution in [2.24, 2.45) is 0 Å². The van der Waals surface area contributed by atoms with Gasteiger partial charge in [-0.05, 0) is 38.4 Å². The van der Waals surface area contributed by atoms with E-state index in [4.69, 9.17) is 4.74 Å². The molecule has 3 rings (SSSR count). The highest BCUT2D eigenvalue weighted by molar-refractivity contribution is 7.99. The number of ether oxygens (including phenoxy) is 1. The van der Waals surface area contributed by atoms with E-state index in [0.717, 1.165) is 32.1 Å². The molecule has 2 saturated heterocycles. The SMILES string of the molecule is COC(=O)[C@H]1CCCN1C(=O)[C@@H]1C[C@H](NC(=O)NC2CCCCC2)CN1C(=O)CSC. The molecule has 1 aliphatic carbocycles. The Hall–Kier alpha value is -1.97. The molecule has 2 aliphatic heterocycles. The number of methoxy groups -OCH3 is 1. The zero-order valence-corrected chi connectivity index (χ0v) is 19.2. The normalized spacial score (nSPS) is 26.6. The minimum Gasteiger partial charge on any atom is -0.467 e. The molecule has 3 fully saturated rings. The van der Waals surface area contributed by atoms with E-state index >= 15 is 0 Å². The van der Waals surface area contributed by atoms with Crippen LogP contribution in [-0.4, -0.2) is 90.0 Å². The van der Waals surface area contributed by atoms with E-state index in [1.165, 1.54) is 25.3 Å². The van der Waals surface area contributed by atoms with Gasteiger partial charge in [0.05, 0.1) is 18.9 Å². The highest BCUT2D eigenvalue weighted by Gasteiger charge is 2.45. The third-order valence-corrected chi connectivity index (χ3v) is 6.99. The number of nitrogens with one attached hydrogen (secondary N) is 2. The van der Waals surface area contributed by atoms with Crippen LogP contribution in [0.2, 0.25) is 0 Å². The smallest absolute Gasteiger partial charge is 0.328 e. The van der Waals surface area contributed by atoms with Crippen molar-refractivity contribution in [3.63, 3.8) is 0 Å². The minimum absolute atomic E-state index is 0.128. The summed E-state index contributed by atoms with van der Waals surface area (Å²) >= 11 is 1.40. The van der Waals surface area contributed by atoms with Crippen molar-refractivity contribution in [1.29, 1.82) is 0 Å². The van der Waals surface area contributed by atoms with Crippen molar-refractivity contribution in [2.45, 2.75) is 75.5 Å². The van der Waals surface area contributed by atoms with Gasteiger partial charge in [0.1, 0.15) is 12.1 Å². The van der Waals surface area contributed by atoms with Crippen molar-refractivity contribution >= 4 is 35.6 Å². The summed E-state index contributed by atoms with van der Waals surface area (Å²) in [6.45, 7) is 0.768. The lowest BCUT2D eigenvalue weighted by atomic mass is 9.96. The van der Waals surface area contributed by atoms with Crippen molar-refractivity contribution in [2.75, 3.05) is 32.2 Å². The molecule has 0 aromatic heterocycles. The van der Waals surface area contributed by atoms with Crippen LogP contribution in [0.1, 0.15) is 51.4 Å². The maximum Gasteiger partial charge on any atom is 0.328 e. The Morgan fingerprint density at radius 1 is 0.935 bits per heavy atom. The molecule has 0 aromatic rings. The summed E-state index contributed by atoms with van der Waals surface area (Å²) < 4.78 is 4.85. The first kappa shape index (κ1) is 23.7. The lowest BCUT2D eigenvalue weighted by Gasteiger charge is -2.30. The Morgan fingerprint density at radius 3 is 2.32 bits per heavy atom. The number of likely N-dealkylation sites (tertiary alicyclic amines) is 2. The van der Waals surface area contributed by atoms with Gasteiger partial charge < -0.3 is 25.2 Å². The highest BCUT2D eigenvalue weighted by atomic mass is 32.2. The summed E-state index contributed by atoms with van der Waals surface area (Å²) in [4.78, 5) is 53.7. The second-order valence-corrected chi connectivity index (χ2v) is 9.46. The number of rotatable bonds is 6. The minimum atomic E-state index is -0.676. The van der Waals surface area contributed by atoms with E-state index in [1.54, 1.807) is 9.80 Å². The van der Waals surface area contributed by atoms with Crippen LogP contribution in [0, 0.1) is 0 Å². The molecule has 2 N–H and O–H groups in total. The first-order valence-electron chi connectivity index (χ1n) is 11.2. The molecule has 1 saturated carbocycles. The molecule has 9 nitrogen and oxygen atoms in total. The lowest BCUT2D eigenvalue weighted by molar-refractivity contribution is -0.153. The average Bonchev–Trinajstić information content (AvgIpc) is 3.41. The number of amides is 4. The predicted molar refractivity (Wildman–Crippen MR) is 118 cm³/mol. The summed E-state index contributed by atoms with van der Waals surface area (Å²) in [7, 11) is 1.32. The van der Waals surface area contributed by atoms with Gasteiger partial charge in [-0.2, -0.15) is 11.8 Å². The molecule has 4 amide bonds. The largest absolute Gasteiger partial charge is 0.467 e. The Balaban J connectivity index is 1.65. The quantitative estimate of drug-likeness (QED) is 0.582. The summed E-state index contributed by atoms with van der Waals surface area (Å²) in [5, 5.41) is 5.99. The zero-order valence-electron chi connectivity index (χ0n) is 18.4. The summed E-state index contributed by atoms with van der Waals surface area (Å²) in [5.74, 6) is -0.520. The van der Waals surface area contributed by atoms with Gasteiger partial charge in [-0.25, -0.2) is 9.59 Å². The van der Waals surface area contributed by atoms with Gasteiger partial charge in [0.2, 0.25) is 11.8 Å². The number of nitrogens with zero attached hydrogens (tertiary/aromatic N) is 2. The van der Waals surface area contributed by atoms with Crippen LogP contribution in [0.25, 0.3) is 0 Å². The van der Waals surface area contributed by atoms with Crippen LogP contribution < -0.4 is 10.6 Å². The third-order valence-electron chi connectivity index (χ3n) is 6.46. The van der Waals surface area contributed by atoms with E-state index in [9.17, 15) is 19.2 Å². The van der Waals surface area contributed by atoms with Crippen molar-refractivity contribution in [3.8, 4) is 0 Å². The van der Waals surface area contributed by atoms with E-state index in [1.807, 2.05) is 6.26 Å². The fourth-order valence-electron chi connectivity index (χ4n) is 4.92. The molecule has 0 radical (unpaired) electrons. The molecule has 0 unspecified atom stereocenters. The lowest BCUT2D eigenvalue weighted by Crippen LogP contribution is -2.51. The maximum atomic E-state index is 13.3. The summed E-state index contributed by atoms with van der Waals surface area (Å²) in [5.41, 5.74) is 0. The van der Waals surface area contributed by atoms with Crippen molar-refractivity contribution in [3.05, 3.63) is 0 Å². The van der Waals surface area contributed by atoms with E-state index in [-0.39, 0.29) is 35.7 Å². The number of carbonyl (C=O) groups excluding carboxylic acids is 4. The third kappa shape index (κ3) is 5.84. The summed E-state index contributed by atoms with van der Waals surface area (Å²) in [6.07, 6.45) is 8.91. The Kier molecular flexibility index (Phi) is 8.45. The van der Waals surface area contributed by atoms with Gasteiger partial charge in [-0.3, -0.25) is 9.59 Å². The Labute approximate surface area is 188 Å². The van der Waals surface area contributed by atoms with Crippen LogP contribution in [0.15, 0.2) is 0 Å². The molecule has 10 heteroatoms. The molecular weight excluding hydrogens is 420 g/mol. The van der Waals surface area contributed by atoms with Crippen LogP contribution in [0.3, 0.4) is 0 Å². The second-order valence-electron chi connectivity index (χ2n) is 8.59. The molecular formula is C21H34N4O5S. The van der Waals surface area contributed by atoms with Gasteiger partial charge in [0.15, 0.2) is 0 Å². The molecule has 0 aromatic carbocycles. The predicted octanol–water partition coefficient (Wildman–Crippen LogP) is 1.11. The van der Waals surface area contributed by atoms with Crippen LogP contribution in [0.4, 0.5) is 4.79 Å². The van der Waals surface area contributed by atoms with E-state index < -0.39 is 18.1 Å². The van der Waals surface area contributed by atoms with Crippen molar-refractivity contribution < 1.29 is 23.9 Å². The molecule has 174 valence electrons. The first-order chi connectivity index (χ1) is 14.9. The summed E-state index contributed by atoms with van der Waals surface area (Å²) in [6, 6.07) is -1.63. The molecule has 0 spiro atoms. The van der Waals surface area contributed by atoms with Gasteiger partial charge in [-0.1, -0.05) is 19.3 Å². The first-order valence-corrected chi connectivity index (χ1v) is 12.6. The van der Waals surface area contributed by atoms with E-state index in [0.29, 0.717) is 25.9 Å². The number of hydrogen-bond donors (Lipinski definition) is 2. The van der Waals surface area contributed by atoms with Crippen LogP contribution in [0.5, 0.6) is 0 Å². The molecule has 3 aliphatic rings. The fourth-order valence-corrected chi connectivity index (χ4v) is 5.33. The molecule has 3 atom stereocenters. The fraction of sp³-hybridized carbons (Fsp3) is 0.810. The van der Waals surface area contributed by atoms with Gasteiger partial charge in [0.25, 0.3) is 0 Å². The Morgan fingerprint density at radius 2 is 1.65 bits per heavy atom. The second kappa shape index (κ2) is 11.1. The topological polar surface area (TPSA) is 108 Å². The zero-order chi connectivity index (χ0) is 22.4. The molecule has 2 heterocycles. The van der Waals surface area contributed by atoms with Crippen LogP contribution >= 0.6 is 11.8 Å². The molecule has 31 heavy (non-hydrogen) atoms. The number of thioether (sulfide) groups is 1. The highest BCUT2D eigenvalue weighted by Crippen LogP contribution is 2.26. The van der Waals surface area contributed by atoms with Gasteiger partial charge >= 0.3 is 12.0 Å². The van der Waals surface area contributed by atoms with Crippen molar-refractivity contribution in [1.82, 2.24) is 20.4 Å². The van der Waals surface area contributed by atoms with Crippen LogP contribution in [-0.2, 0) is 19.1 Å². The van der Waals surface area contributed by atoms with Gasteiger partial charge in [0, 0.05) is 19.1 Å². The number of carbonyl (C=O) groups is 4. The van der Waals surface area contributed by atoms with E-state index in [2.05, 4.69) is 10.6 Å². The number of hydrogen-bond acceptors (Lipinski definition) is 6. The number of esters is 1. The number of urea groups is 1. The average molecular weight is 455 g/mol. The van der Waals surface area contributed by atoms with Gasteiger partial charge in [-0.15, -0.1) is 0 Å². The Bertz CT molecular complexity index is 685. The molecule has 0 bridgehead atoms.